The largest absolute Gasteiger partial charge is 0.368 e. The van der Waals surface area contributed by atoms with Crippen LogP contribution < -0.4 is 10.6 Å². The molecule has 3 aliphatic heterocycles. The van der Waals surface area contributed by atoms with Gasteiger partial charge in [-0.2, -0.15) is 0 Å². The molecule has 2 atom stereocenters. The minimum Gasteiger partial charge on any atom is -0.368 e. The lowest BCUT2D eigenvalue weighted by Gasteiger charge is -2.36. The van der Waals surface area contributed by atoms with Gasteiger partial charge in [-0.3, -0.25) is 4.79 Å². The number of ether oxygens (including phenoxy) is 1. The first-order valence-corrected chi connectivity index (χ1v) is 8.53. The quantitative estimate of drug-likeness (QED) is 0.786. The summed E-state index contributed by atoms with van der Waals surface area (Å²) in [5.74, 6) is 0.710. The van der Waals surface area contributed by atoms with Crippen molar-refractivity contribution >= 4 is 5.91 Å². The standard InChI is InChI=1S/C16H29N3O2/c1-19-13-2-3-14(19)9-12(8-13)10-18-16(20)11-21-15-4-6-17-7-5-15/h12-15,17H,2-11H2,1H3,(H,18,20). The molecule has 3 heterocycles. The second-order valence-electron chi connectivity index (χ2n) is 6.95. The van der Waals surface area contributed by atoms with E-state index in [2.05, 4.69) is 22.6 Å². The average molecular weight is 295 g/mol. The molecule has 120 valence electrons. The summed E-state index contributed by atoms with van der Waals surface area (Å²) in [6.07, 6.45) is 7.45. The molecule has 3 saturated heterocycles. The lowest BCUT2D eigenvalue weighted by molar-refractivity contribution is -0.128. The molecule has 0 aromatic rings. The third-order valence-electron chi connectivity index (χ3n) is 5.52. The molecule has 2 N–H and O–H groups in total. The van der Waals surface area contributed by atoms with Gasteiger partial charge in [0.15, 0.2) is 0 Å². The summed E-state index contributed by atoms with van der Waals surface area (Å²) < 4.78 is 5.70. The van der Waals surface area contributed by atoms with E-state index in [1.807, 2.05) is 0 Å². The fourth-order valence-corrected chi connectivity index (χ4v) is 4.16. The van der Waals surface area contributed by atoms with Crippen LogP contribution in [0.5, 0.6) is 0 Å². The highest BCUT2D eigenvalue weighted by molar-refractivity contribution is 5.77. The summed E-state index contributed by atoms with van der Waals surface area (Å²) in [6.45, 7) is 3.06. The molecule has 2 unspecified atom stereocenters. The van der Waals surface area contributed by atoms with Crippen molar-refractivity contribution in [2.75, 3.05) is 33.3 Å². The molecule has 0 aromatic heterocycles. The molecule has 0 radical (unpaired) electrons. The van der Waals surface area contributed by atoms with Crippen molar-refractivity contribution in [1.82, 2.24) is 15.5 Å². The van der Waals surface area contributed by atoms with E-state index in [9.17, 15) is 4.79 Å². The van der Waals surface area contributed by atoms with Gasteiger partial charge in [0.2, 0.25) is 5.91 Å². The van der Waals surface area contributed by atoms with Gasteiger partial charge in [0.05, 0.1) is 6.10 Å². The first-order valence-electron chi connectivity index (χ1n) is 8.53. The lowest BCUT2D eigenvalue weighted by atomic mass is 9.91. The Morgan fingerprint density at radius 1 is 1.19 bits per heavy atom. The Morgan fingerprint density at radius 3 is 2.52 bits per heavy atom. The monoisotopic (exact) mass is 295 g/mol. The number of carbonyl (C=O) groups is 1. The number of carbonyl (C=O) groups excluding carboxylic acids is 1. The maximum atomic E-state index is 11.9. The van der Waals surface area contributed by atoms with Crippen molar-refractivity contribution in [2.45, 2.75) is 56.7 Å². The molecule has 0 saturated carbocycles. The number of nitrogens with zero attached hydrogens (tertiary/aromatic N) is 1. The van der Waals surface area contributed by atoms with Crippen LogP contribution in [0.4, 0.5) is 0 Å². The van der Waals surface area contributed by atoms with Gasteiger partial charge in [-0.05, 0) is 64.6 Å². The van der Waals surface area contributed by atoms with Crippen molar-refractivity contribution in [2.24, 2.45) is 5.92 Å². The number of hydrogen-bond acceptors (Lipinski definition) is 4. The lowest BCUT2D eigenvalue weighted by Crippen LogP contribution is -2.44. The number of fused-ring (bicyclic) bond motifs is 2. The predicted molar refractivity (Wildman–Crippen MR) is 82.2 cm³/mol. The molecule has 3 rings (SSSR count). The summed E-state index contributed by atoms with van der Waals surface area (Å²) >= 11 is 0. The highest BCUT2D eigenvalue weighted by Crippen LogP contribution is 2.36. The smallest absolute Gasteiger partial charge is 0.246 e. The Hall–Kier alpha value is -0.650. The number of hydrogen-bond donors (Lipinski definition) is 2. The topological polar surface area (TPSA) is 53.6 Å². The maximum absolute atomic E-state index is 11.9. The van der Waals surface area contributed by atoms with Gasteiger partial charge >= 0.3 is 0 Å². The van der Waals surface area contributed by atoms with Gasteiger partial charge < -0.3 is 20.3 Å². The zero-order valence-corrected chi connectivity index (χ0v) is 13.1. The first-order chi connectivity index (χ1) is 10.2. The van der Waals surface area contributed by atoms with Gasteiger partial charge in [0, 0.05) is 18.6 Å². The Kier molecular flexibility index (Phi) is 5.14. The molecule has 3 fully saturated rings. The summed E-state index contributed by atoms with van der Waals surface area (Å²) in [7, 11) is 2.25. The first kappa shape index (κ1) is 15.3. The highest BCUT2D eigenvalue weighted by Gasteiger charge is 2.38. The second-order valence-corrected chi connectivity index (χ2v) is 6.95. The van der Waals surface area contributed by atoms with E-state index < -0.39 is 0 Å². The fourth-order valence-electron chi connectivity index (χ4n) is 4.16. The molecule has 3 aliphatic rings. The van der Waals surface area contributed by atoms with E-state index in [0.717, 1.165) is 44.6 Å². The highest BCUT2D eigenvalue weighted by atomic mass is 16.5. The summed E-state index contributed by atoms with van der Waals surface area (Å²) in [4.78, 5) is 14.4. The third kappa shape index (κ3) is 3.96. The molecule has 5 nitrogen and oxygen atoms in total. The van der Waals surface area contributed by atoms with Crippen LogP contribution in [-0.4, -0.2) is 62.3 Å². The molecular weight excluding hydrogens is 266 g/mol. The van der Waals surface area contributed by atoms with E-state index in [-0.39, 0.29) is 18.6 Å². The van der Waals surface area contributed by atoms with E-state index in [0.29, 0.717) is 5.92 Å². The molecular formula is C16H29N3O2. The molecule has 21 heavy (non-hydrogen) atoms. The van der Waals surface area contributed by atoms with Crippen LogP contribution >= 0.6 is 0 Å². The summed E-state index contributed by atoms with van der Waals surface area (Å²) in [5.41, 5.74) is 0. The van der Waals surface area contributed by atoms with Gasteiger partial charge in [0.25, 0.3) is 0 Å². The van der Waals surface area contributed by atoms with Crippen LogP contribution in [0.2, 0.25) is 0 Å². The number of rotatable bonds is 5. The van der Waals surface area contributed by atoms with Crippen LogP contribution in [0.15, 0.2) is 0 Å². The van der Waals surface area contributed by atoms with Gasteiger partial charge in [-0.25, -0.2) is 0 Å². The van der Waals surface area contributed by atoms with Crippen molar-refractivity contribution < 1.29 is 9.53 Å². The second kappa shape index (κ2) is 7.07. The summed E-state index contributed by atoms with van der Waals surface area (Å²) in [5, 5.41) is 6.38. The van der Waals surface area contributed by atoms with Crippen LogP contribution in [0.3, 0.4) is 0 Å². The normalized spacial score (nSPS) is 34.0. The van der Waals surface area contributed by atoms with Gasteiger partial charge in [0.1, 0.15) is 6.61 Å². The third-order valence-corrected chi connectivity index (χ3v) is 5.52. The fraction of sp³-hybridized carbons (Fsp3) is 0.938. The minimum absolute atomic E-state index is 0.0554. The molecule has 2 bridgehead atoms. The maximum Gasteiger partial charge on any atom is 0.246 e. The van der Waals surface area contributed by atoms with Gasteiger partial charge in [-0.15, -0.1) is 0 Å². The van der Waals surface area contributed by atoms with E-state index >= 15 is 0 Å². The minimum atomic E-state index is 0.0554. The Bertz CT molecular complexity index is 343. The van der Waals surface area contributed by atoms with E-state index in [1.165, 1.54) is 25.7 Å². The molecule has 1 amide bonds. The Morgan fingerprint density at radius 2 is 1.86 bits per heavy atom. The van der Waals surface area contributed by atoms with Crippen LogP contribution in [0.1, 0.15) is 38.5 Å². The zero-order chi connectivity index (χ0) is 14.7. The average Bonchev–Trinajstić information content (AvgIpc) is 2.74. The molecule has 0 aliphatic carbocycles. The predicted octanol–water partition coefficient (Wildman–Crippen LogP) is 0.744. The van der Waals surface area contributed by atoms with Crippen molar-refractivity contribution in [3.05, 3.63) is 0 Å². The van der Waals surface area contributed by atoms with Gasteiger partial charge in [-0.1, -0.05) is 0 Å². The Labute approximate surface area is 127 Å². The summed E-state index contributed by atoms with van der Waals surface area (Å²) in [6, 6.07) is 1.49. The zero-order valence-electron chi connectivity index (χ0n) is 13.1. The van der Waals surface area contributed by atoms with Crippen molar-refractivity contribution in [1.29, 1.82) is 0 Å². The van der Waals surface area contributed by atoms with Crippen molar-refractivity contribution in [3.8, 4) is 0 Å². The van der Waals surface area contributed by atoms with Crippen LogP contribution in [0, 0.1) is 5.92 Å². The van der Waals surface area contributed by atoms with Crippen LogP contribution in [0.25, 0.3) is 0 Å². The van der Waals surface area contributed by atoms with Crippen LogP contribution in [-0.2, 0) is 9.53 Å². The molecule has 0 aromatic carbocycles. The number of amides is 1. The SMILES string of the molecule is CN1C2CCC1CC(CNC(=O)COC1CCNCC1)C2. The van der Waals surface area contributed by atoms with E-state index in [4.69, 9.17) is 4.74 Å². The molecule has 0 spiro atoms. The molecule has 5 heteroatoms. The number of nitrogens with one attached hydrogen (secondary N) is 2. The number of piperidine rings is 2. The Balaban J connectivity index is 1.32. The van der Waals surface area contributed by atoms with E-state index in [1.54, 1.807) is 0 Å². The van der Waals surface area contributed by atoms with Crippen molar-refractivity contribution in [3.63, 3.8) is 0 Å².